The van der Waals surface area contributed by atoms with Gasteiger partial charge in [-0.3, -0.25) is 0 Å². The van der Waals surface area contributed by atoms with Crippen molar-refractivity contribution in [3.8, 4) is 11.1 Å². The minimum Gasteiger partial charge on any atom is -0.480 e. The van der Waals surface area contributed by atoms with Crippen LogP contribution in [0.25, 0.3) is 11.1 Å². The number of hydrogen-bond acceptors (Lipinski definition) is 3. The van der Waals surface area contributed by atoms with Crippen molar-refractivity contribution in [3.05, 3.63) is 59.7 Å². The lowest BCUT2D eigenvalue weighted by atomic mass is 9.98. The number of alkyl carbamates (subject to hydrolysis) is 1. The molecule has 2 aromatic carbocycles. The van der Waals surface area contributed by atoms with Gasteiger partial charge in [0.25, 0.3) is 0 Å². The molecule has 0 radical (unpaired) electrons. The van der Waals surface area contributed by atoms with Crippen LogP contribution in [0.1, 0.15) is 31.9 Å². The number of carbonyl (C=O) groups excluding carboxylic acids is 1. The van der Waals surface area contributed by atoms with E-state index < -0.39 is 35.4 Å². The lowest BCUT2D eigenvalue weighted by Crippen LogP contribution is -2.44. The van der Waals surface area contributed by atoms with E-state index in [1.165, 1.54) is 12.1 Å². The Morgan fingerprint density at radius 2 is 1.66 bits per heavy atom. The van der Waals surface area contributed by atoms with E-state index in [4.69, 9.17) is 4.74 Å². The largest absolute Gasteiger partial charge is 0.480 e. The van der Waals surface area contributed by atoms with E-state index in [0.717, 1.165) is 12.1 Å². The first kappa shape index (κ1) is 22.3. The molecule has 0 saturated carbocycles. The predicted octanol–water partition coefficient (Wildman–Crippen LogP) is 4.89. The maximum atomic E-state index is 12.7. The Morgan fingerprint density at radius 1 is 1.03 bits per heavy atom. The molecule has 0 aliphatic carbocycles. The molecule has 1 amide bonds. The van der Waals surface area contributed by atoms with Gasteiger partial charge < -0.3 is 15.2 Å². The molecule has 2 N–H and O–H groups in total. The quantitative estimate of drug-likeness (QED) is 0.737. The SMILES string of the molecule is CC(C)(C)OC(=O)NC(Cc1cccc(-c2ccc(C(F)(F)F)cc2)c1)C(=O)O. The highest BCUT2D eigenvalue weighted by molar-refractivity contribution is 5.80. The first-order valence-corrected chi connectivity index (χ1v) is 8.84. The molecule has 0 aromatic heterocycles. The Labute approximate surface area is 166 Å². The van der Waals surface area contributed by atoms with Gasteiger partial charge in [-0.05, 0) is 49.6 Å². The maximum Gasteiger partial charge on any atom is 0.416 e. The van der Waals surface area contributed by atoms with Crippen molar-refractivity contribution in [2.24, 2.45) is 0 Å². The van der Waals surface area contributed by atoms with E-state index in [2.05, 4.69) is 5.32 Å². The second-order valence-corrected chi connectivity index (χ2v) is 7.52. The van der Waals surface area contributed by atoms with Gasteiger partial charge in [0.2, 0.25) is 0 Å². The van der Waals surface area contributed by atoms with Crippen molar-refractivity contribution < 1.29 is 32.6 Å². The molecule has 0 heterocycles. The van der Waals surface area contributed by atoms with Crippen LogP contribution in [0.15, 0.2) is 48.5 Å². The number of hydrogen-bond donors (Lipinski definition) is 2. The second kappa shape index (κ2) is 8.55. The summed E-state index contributed by atoms with van der Waals surface area (Å²) in [6.07, 6.45) is -5.27. The smallest absolute Gasteiger partial charge is 0.416 e. The van der Waals surface area contributed by atoms with Crippen LogP contribution in [0.5, 0.6) is 0 Å². The molecule has 0 aliphatic rings. The molecule has 2 aromatic rings. The van der Waals surface area contributed by atoms with Crippen LogP contribution in [0, 0.1) is 0 Å². The molecule has 1 atom stereocenters. The Morgan fingerprint density at radius 3 is 2.17 bits per heavy atom. The highest BCUT2D eigenvalue weighted by Crippen LogP contribution is 2.31. The molecular weight excluding hydrogens is 387 g/mol. The van der Waals surface area contributed by atoms with Gasteiger partial charge in [0, 0.05) is 6.42 Å². The molecule has 0 fully saturated rings. The van der Waals surface area contributed by atoms with Crippen molar-refractivity contribution in [1.29, 1.82) is 0 Å². The zero-order valence-electron chi connectivity index (χ0n) is 16.2. The van der Waals surface area contributed by atoms with E-state index in [9.17, 15) is 27.9 Å². The van der Waals surface area contributed by atoms with Crippen LogP contribution in [-0.2, 0) is 22.1 Å². The van der Waals surface area contributed by atoms with Crippen LogP contribution in [0.4, 0.5) is 18.0 Å². The summed E-state index contributed by atoms with van der Waals surface area (Å²) >= 11 is 0. The Balaban J connectivity index is 2.17. The summed E-state index contributed by atoms with van der Waals surface area (Å²) < 4.78 is 43.2. The standard InChI is InChI=1S/C21H22F3NO4/c1-20(2,3)29-19(28)25-17(18(26)27)12-13-5-4-6-15(11-13)14-7-9-16(10-8-14)21(22,23)24/h4-11,17H,12H2,1-3H3,(H,25,28)(H,26,27). The molecule has 0 bridgehead atoms. The fraction of sp³-hybridized carbons (Fsp3) is 0.333. The predicted molar refractivity (Wildman–Crippen MR) is 101 cm³/mol. The molecule has 1 unspecified atom stereocenters. The number of carboxylic acids is 1. The van der Waals surface area contributed by atoms with Crippen molar-refractivity contribution in [3.63, 3.8) is 0 Å². The molecule has 0 saturated heterocycles. The summed E-state index contributed by atoms with van der Waals surface area (Å²) in [6, 6.07) is 10.2. The number of carboxylic acid groups (broad SMARTS) is 1. The van der Waals surface area contributed by atoms with E-state index >= 15 is 0 Å². The number of halogens is 3. The molecule has 156 valence electrons. The lowest BCUT2D eigenvalue weighted by molar-refractivity contribution is -0.139. The van der Waals surface area contributed by atoms with Crippen molar-refractivity contribution in [2.75, 3.05) is 0 Å². The first-order chi connectivity index (χ1) is 13.3. The van der Waals surface area contributed by atoms with Crippen LogP contribution < -0.4 is 5.32 Å². The van der Waals surface area contributed by atoms with Gasteiger partial charge in [-0.25, -0.2) is 9.59 Å². The summed E-state index contributed by atoms with van der Waals surface area (Å²) in [5.41, 5.74) is 0.288. The zero-order valence-corrected chi connectivity index (χ0v) is 16.2. The molecule has 8 heteroatoms. The summed E-state index contributed by atoms with van der Waals surface area (Å²) in [5.74, 6) is -1.23. The molecule has 0 spiro atoms. The molecule has 5 nitrogen and oxygen atoms in total. The monoisotopic (exact) mass is 409 g/mol. The van der Waals surface area contributed by atoms with E-state index in [0.29, 0.717) is 16.7 Å². The third-order valence-corrected chi connectivity index (χ3v) is 3.90. The number of alkyl halides is 3. The third-order valence-electron chi connectivity index (χ3n) is 3.90. The van der Waals surface area contributed by atoms with Gasteiger partial charge in [0.05, 0.1) is 5.56 Å². The number of aliphatic carboxylic acids is 1. The number of amides is 1. The van der Waals surface area contributed by atoms with Crippen molar-refractivity contribution in [2.45, 2.75) is 45.0 Å². The highest BCUT2D eigenvalue weighted by Gasteiger charge is 2.30. The topological polar surface area (TPSA) is 75.6 Å². The minimum absolute atomic E-state index is 0.0109. The number of ether oxygens (including phenoxy) is 1. The average molecular weight is 409 g/mol. The van der Waals surface area contributed by atoms with Gasteiger partial charge in [-0.1, -0.05) is 36.4 Å². The molecular formula is C21H22F3NO4. The zero-order chi connectivity index (χ0) is 21.8. The molecule has 0 aliphatic heterocycles. The van der Waals surface area contributed by atoms with Crippen LogP contribution in [0.2, 0.25) is 0 Å². The number of benzene rings is 2. The maximum absolute atomic E-state index is 12.7. The van der Waals surface area contributed by atoms with Crippen molar-refractivity contribution in [1.82, 2.24) is 5.32 Å². The average Bonchev–Trinajstić information content (AvgIpc) is 2.59. The number of rotatable bonds is 5. The summed E-state index contributed by atoms with van der Waals surface area (Å²) in [7, 11) is 0. The van der Waals surface area contributed by atoms with Crippen molar-refractivity contribution >= 4 is 12.1 Å². The Hall–Kier alpha value is -3.03. The Kier molecular flexibility index (Phi) is 6.56. The Bertz CT molecular complexity index is 871. The van der Waals surface area contributed by atoms with Gasteiger partial charge in [0.1, 0.15) is 11.6 Å². The molecule has 2 rings (SSSR count). The fourth-order valence-electron chi connectivity index (χ4n) is 2.62. The van der Waals surface area contributed by atoms with Crippen LogP contribution in [-0.4, -0.2) is 28.8 Å². The summed E-state index contributed by atoms with van der Waals surface area (Å²) in [6.45, 7) is 4.99. The number of carbonyl (C=O) groups is 2. The third kappa shape index (κ3) is 6.81. The van der Waals surface area contributed by atoms with Gasteiger partial charge >= 0.3 is 18.2 Å². The summed E-state index contributed by atoms with van der Waals surface area (Å²) in [5, 5.41) is 11.7. The van der Waals surface area contributed by atoms with Crippen LogP contribution in [0.3, 0.4) is 0 Å². The first-order valence-electron chi connectivity index (χ1n) is 8.84. The second-order valence-electron chi connectivity index (χ2n) is 7.52. The van der Waals surface area contributed by atoms with E-state index in [1.54, 1.807) is 45.0 Å². The fourth-order valence-corrected chi connectivity index (χ4v) is 2.62. The van der Waals surface area contributed by atoms with Gasteiger partial charge in [-0.2, -0.15) is 13.2 Å². The van der Waals surface area contributed by atoms with E-state index in [1.807, 2.05) is 0 Å². The van der Waals surface area contributed by atoms with Gasteiger partial charge in [0.15, 0.2) is 0 Å². The molecule has 29 heavy (non-hydrogen) atoms. The van der Waals surface area contributed by atoms with Gasteiger partial charge in [-0.15, -0.1) is 0 Å². The summed E-state index contributed by atoms with van der Waals surface area (Å²) in [4.78, 5) is 23.4. The lowest BCUT2D eigenvalue weighted by Gasteiger charge is -2.22. The van der Waals surface area contributed by atoms with Crippen LogP contribution >= 0.6 is 0 Å². The van der Waals surface area contributed by atoms with E-state index in [-0.39, 0.29) is 6.42 Å². The highest BCUT2D eigenvalue weighted by atomic mass is 19.4. The number of nitrogens with one attached hydrogen (secondary N) is 1. The minimum atomic E-state index is -4.41. The normalized spacial score (nSPS) is 12.9.